The van der Waals surface area contributed by atoms with Gasteiger partial charge in [-0.3, -0.25) is 0 Å². The van der Waals surface area contributed by atoms with E-state index >= 15 is 0 Å². The van der Waals surface area contributed by atoms with E-state index in [0.29, 0.717) is 6.54 Å². The van der Waals surface area contributed by atoms with Crippen LogP contribution in [0.25, 0.3) is 0 Å². The average molecular weight is 193 g/mol. The van der Waals surface area contributed by atoms with Gasteiger partial charge in [0.1, 0.15) is 5.75 Å². The number of hydroxylamine groups is 1. The zero-order valence-corrected chi connectivity index (χ0v) is 8.07. The molecule has 2 rings (SSSR count). The third-order valence-electron chi connectivity index (χ3n) is 2.39. The predicted molar refractivity (Wildman–Crippen MR) is 53.3 cm³/mol. The lowest BCUT2D eigenvalue weighted by molar-refractivity contribution is 0.161. The lowest BCUT2D eigenvalue weighted by Crippen LogP contribution is -2.05. The maximum atomic E-state index is 8.49. The normalized spacial score (nSPS) is 15.5. The second-order valence-electron chi connectivity index (χ2n) is 3.73. The third kappa shape index (κ3) is 2.72. The molecule has 0 unspecified atom stereocenters. The van der Waals surface area contributed by atoms with Crippen LogP contribution in [0.4, 0.5) is 0 Å². The standard InChI is InChI=1S/C11H15NO2/c13-12-7-9-3-5-11(6-4-9)14-8-10-1-2-10/h3-6,10,12-13H,1-2,7-8H2. The minimum absolute atomic E-state index is 0.475. The molecule has 0 atom stereocenters. The van der Waals surface area contributed by atoms with E-state index in [1.807, 2.05) is 24.3 Å². The van der Waals surface area contributed by atoms with Gasteiger partial charge >= 0.3 is 0 Å². The molecule has 0 bridgehead atoms. The quantitative estimate of drug-likeness (QED) is 0.702. The maximum absolute atomic E-state index is 8.49. The van der Waals surface area contributed by atoms with Crippen LogP contribution in [0.1, 0.15) is 18.4 Å². The molecule has 0 saturated heterocycles. The van der Waals surface area contributed by atoms with Crippen molar-refractivity contribution in [2.45, 2.75) is 19.4 Å². The van der Waals surface area contributed by atoms with Crippen LogP contribution in [0.15, 0.2) is 24.3 Å². The minimum atomic E-state index is 0.475. The molecule has 1 aliphatic rings. The molecular formula is C11H15NO2. The van der Waals surface area contributed by atoms with E-state index in [4.69, 9.17) is 9.94 Å². The summed E-state index contributed by atoms with van der Waals surface area (Å²) >= 11 is 0. The first-order valence-corrected chi connectivity index (χ1v) is 4.97. The van der Waals surface area contributed by atoms with Crippen LogP contribution in [0.5, 0.6) is 5.75 Å². The van der Waals surface area contributed by atoms with Crippen molar-refractivity contribution in [2.75, 3.05) is 6.61 Å². The van der Waals surface area contributed by atoms with Gasteiger partial charge < -0.3 is 9.94 Å². The van der Waals surface area contributed by atoms with Gasteiger partial charge in [0.05, 0.1) is 6.61 Å². The van der Waals surface area contributed by atoms with Gasteiger partial charge in [-0.2, -0.15) is 0 Å². The Balaban J connectivity index is 1.84. The molecule has 14 heavy (non-hydrogen) atoms. The summed E-state index contributed by atoms with van der Waals surface area (Å²) in [5.41, 5.74) is 3.17. The van der Waals surface area contributed by atoms with E-state index in [9.17, 15) is 0 Å². The fraction of sp³-hybridized carbons (Fsp3) is 0.455. The van der Waals surface area contributed by atoms with Crippen LogP contribution >= 0.6 is 0 Å². The summed E-state index contributed by atoms with van der Waals surface area (Å²) in [6, 6.07) is 7.78. The molecule has 1 aromatic carbocycles. The summed E-state index contributed by atoms with van der Waals surface area (Å²) < 4.78 is 5.58. The molecule has 1 saturated carbocycles. The average Bonchev–Trinajstić information content (AvgIpc) is 3.01. The molecule has 0 heterocycles. The summed E-state index contributed by atoms with van der Waals surface area (Å²) in [6.45, 7) is 1.32. The number of rotatable bonds is 5. The topological polar surface area (TPSA) is 41.5 Å². The molecule has 0 amide bonds. The fourth-order valence-electron chi connectivity index (χ4n) is 1.29. The van der Waals surface area contributed by atoms with Crippen molar-refractivity contribution in [1.29, 1.82) is 0 Å². The summed E-state index contributed by atoms with van der Waals surface area (Å²) in [5.74, 6) is 1.70. The van der Waals surface area contributed by atoms with Gasteiger partial charge in [-0.15, -0.1) is 0 Å². The van der Waals surface area contributed by atoms with E-state index in [1.54, 1.807) is 0 Å². The van der Waals surface area contributed by atoms with Crippen molar-refractivity contribution in [3.05, 3.63) is 29.8 Å². The van der Waals surface area contributed by atoms with Crippen LogP contribution < -0.4 is 10.2 Å². The fourth-order valence-corrected chi connectivity index (χ4v) is 1.29. The van der Waals surface area contributed by atoms with Crippen LogP contribution in [0.2, 0.25) is 0 Å². The molecule has 1 fully saturated rings. The first-order chi connectivity index (χ1) is 6.88. The van der Waals surface area contributed by atoms with Crippen LogP contribution in [-0.4, -0.2) is 11.8 Å². The predicted octanol–water partition coefficient (Wildman–Crippen LogP) is 1.95. The Morgan fingerprint density at radius 2 is 2.00 bits per heavy atom. The highest BCUT2D eigenvalue weighted by Gasteiger charge is 2.21. The Bertz CT molecular complexity index is 280. The zero-order valence-electron chi connectivity index (χ0n) is 8.07. The van der Waals surface area contributed by atoms with Gasteiger partial charge in [-0.05, 0) is 36.5 Å². The van der Waals surface area contributed by atoms with Gasteiger partial charge in [0, 0.05) is 6.54 Å². The third-order valence-corrected chi connectivity index (χ3v) is 2.39. The molecule has 3 nitrogen and oxygen atoms in total. The molecule has 1 aromatic rings. The van der Waals surface area contributed by atoms with Crippen molar-refractivity contribution in [1.82, 2.24) is 5.48 Å². The van der Waals surface area contributed by atoms with Crippen molar-refractivity contribution in [2.24, 2.45) is 5.92 Å². The molecule has 3 heteroatoms. The molecule has 2 N–H and O–H groups in total. The number of nitrogens with one attached hydrogen (secondary N) is 1. The van der Waals surface area contributed by atoms with Gasteiger partial charge in [0.25, 0.3) is 0 Å². The smallest absolute Gasteiger partial charge is 0.119 e. The second kappa shape index (κ2) is 4.44. The summed E-state index contributed by atoms with van der Waals surface area (Å²) in [7, 11) is 0. The van der Waals surface area contributed by atoms with E-state index < -0.39 is 0 Å². The lowest BCUT2D eigenvalue weighted by Gasteiger charge is -2.05. The van der Waals surface area contributed by atoms with E-state index in [0.717, 1.165) is 23.8 Å². The molecule has 0 spiro atoms. The Hall–Kier alpha value is -1.06. The van der Waals surface area contributed by atoms with Crippen molar-refractivity contribution in [3.63, 3.8) is 0 Å². The SMILES string of the molecule is ONCc1ccc(OCC2CC2)cc1. The van der Waals surface area contributed by atoms with Crippen LogP contribution in [0, 0.1) is 5.92 Å². The van der Waals surface area contributed by atoms with Gasteiger partial charge in [-0.1, -0.05) is 12.1 Å². The Morgan fingerprint density at radius 3 is 2.57 bits per heavy atom. The second-order valence-corrected chi connectivity index (χ2v) is 3.73. The molecule has 0 aromatic heterocycles. The first-order valence-electron chi connectivity index (χ1n) is 4.97. The number of benzene rings is 1. The van der Waals surface area contributed by atoms with E-state index in [-0.39, 0.29) is 0 Å². The molecular weight excluding hydrogens is 178 g/mol. The minimum Gasteiger partial charge on any atom is -0.493 e. The monoisotopic (exact) mass is 193 g/mol. The number of hydrogen-bond acceptors (Lipinski definition) is 3. The summed E-state index contributed by atoms with van der Waals surface area (Å²) in [4.78, 5) is 0. The van der Waals surface area contributed by atoms with E-state index in [2.05, 4.69) is 5.48 Å². The van der Waals surface area contributed by atoms with Crippen molar-refractivity contribution >= 4 is 0 Å². The highest BCUT2D eigenvalue weighted by molar-refractivity contribution is 5.27. The largest absolute Gasteiger partial charge is 0.493 e. The molecule has 0 radical (unpaired) electrons. The van der Waals surface area contributed by atoms with Gasteiger partial charge in [-0.25, -0.2) is 5.48 Å². The van der Waals surface area contributed by atoms with Crippen LogP contribution in [-0.2, 0) is 6.54 Å². The Labute approximate surface area is 83.7 Å². The summed E-state index contributed by atoms with van der Waals surface area (Å²) in [6.07, 6.45) is 2.62. The highest BCUT2D eigenvalue weighted by atomic mass is 16.5. The Morgan fingerprint density at radius 1 is 1.29 bits per heavy atom. The van der Waals surface area contributed by atoms with Gasteiger partial charge in [0.2, 0.25) is 0 Å². The van der Waals surface area contributed by atoms with E-state index in [1.165, 1.54) is 12.8 Å². The number of hydrogen-bond donors (Lipinski definition) is 2. The van der Waals surface area contributed by atoms with Gasteiger partial charge in [0.15, 0.2) is 0 Å². The maximum Gasteiger partial charge on any atom is 0.119 e. The first kappa shape index (κ1) is 9.49. The molecule has 76 valence electrons. The Kier molecular flexibility index (Phi) is 3.01. The molecule has 0 aliphatic heterocycles. The highest BCUT2D eigenvalue weighted by Crippen LogP contribution is 2.29. The molecule has 1 aliphatic carbocycles. The lowest BCUT2D eigenvalue weighted by atomic mass is 10.2. The summed E-state index contributed by atoms with van der Waals surface area (Å²) in [5, 5.41) is 8.49. The van der Waals surface area contributed by atoms with Crippen LogP contribution in [0.3, 0.4) is 0 Å². The zero-order chi connectivity index (χ0) is 9.80. The van der Waals surface area contributed by atoms with Crippen molar-refractivity contribution in [3.8, 4) is 5.75 Å². The van der Waals surface area contributed by atoms with Crippen molar-refractivity contribution < 1.29 is 9.94 Å². The number of ether oxygens (including phenoxy) is 1.